The lowest BCUT2D eigenvalue weighted by atomic mass is 10.1. The van der Waals surface area contributed by atoms with Gasteiger partial charge in [-0.1, -0.05) is 42.5 Å². The van der Waals surface area contributed by atoms with Gasteiger partial charge in [0.1, 0.15) is 0 Å². The van der Waals surface area contributed by atoms with Crippen molar-refractivity contribution < 1.29 is 13.2 Å². The molecule has 7 heteroatoms. The number of para-hydroxylation sites is 1. The molecule has 0 atom stereocenters. The molecule has 0 fully saturated rings. The number of amides is 1. The molecule has 0 unspecified atom stereocenters. The maximum absolute atomic E-state index is 12.8. The molecule has 0 bridgehead atoms. The summed E-state index contributed by atoms with van der Waals surface area (Å²) in [6.45, 7) is 5.56. The predicted molar refractivity (Wildman–Crippen MR) is 149 cm³/mol. The number of hydrogen-bond donors (Lipinski definition) is 2. The summed E-state index contributed by atoms with van der Waals surface area (Å²) in [6.07, 6.45) is 1.05. The van der Waals surface area contributed by atoms with Gasteiger partial charge in [0.15, 0.2) is 0 Å². The first-order valence-corrected chi connectivity index (χ1v) is 13.7. The molecule has 1 heterocycles. The Kier molecular flexibility index (Phi) is 6.72. The van der Waals surface area contributed by atoms with Crippen LogP contribution in [-0.4, -0.2) is 20.9 Å². The second-order valence-corrected chi connectivity index (χ2v) is 11.1. The fourth-order valence-corrected chi connectivity index (χ4v) is 5.64. The fourth-order valence-electron chi connectivity index (χ4n) is 4.52. The van der Waals surface area contributed by atoms with E-state index in [9.17, 15) is 13.2 Å². The van der Waals surface area contributed by atoms with E-state index in [0.717, 1.165) is 36.2 Å². The second kappa shape index (κ2) is 10.1. The van der Waals surface area contributed by atoms with Crippen molar-refractivity contribution in [3.8, 4) is 0 Å². The van der Waals surface area contributed by atoms with Gasteiger partial charge in [-0.25, -0.2) is 8.42 Å². The van der Waals surface area contributed by atoms with Crippen molar-refractivity contribution in [2.45, 2.75) is 31.7 Å². The van der Waals surface area contributed by atoms with Crippen LogP contribution in [0.15, 0.2) is 95.9 Å². The molecule has 1 amide bonds. The maximum atomic E-state index is 12.8. The lowest BCUT2D eigenvalue weighted by Gasteiger charge is -2.19. The standard InChI is InChI=1S/C30H29N3O3S/c1-21-7-8-22(2)28(19-21)32-37(35,36)27-15-13-26(14-16-27)31-30(34)25-11-9-23(10-12-25)20-33-18-17-24-5-3-4-6-29(24)33/h3-16,19,32H,17-18,20H2,1-2H3,(H,31,34). The SMILES string of the molecule is Cc1ccc(C)c(NS(=O)(=O)c2ccc(NC(=O)c3ccc(CN4CCc5ccccc54)cc3)cc2)c1. The van der Waals surface area contributed by atoms with Crippen molar-refractivity contribution in [1.29, 1.82) is 0 Å². The van der Waals surface area contributed by atoms with E-state index in [4.69, 9.17) is 0 Å². The highest BCUT2D eigenvalue weighted by atomic mass is 32.2. The molecule has 0 saturated heterocycles. The van der Waals surface area contributed by atoms with Crippen molar-refractivity contribution in [3.63, 3.8) is 0 Å². The highest BCUT2D eigenvalue weighted by Gasteiger charge is 2.19. The summed E-state index contributed by atoms with van der Waals surface area (Å²) in [5.41, 5.74) is 7.21. The van der Waals surface area contributed by atoms with Crippen LogP contribution < -0.4 is 14.9 Å². The zero-order chi connectivity index (χ0) is 26.0. The Balaban J connectivity index is 1.21. The highest BCUT2D eigenvalue weighted by molar-refractivity contribution is 7.92. The summed E-state index contributed by atoms with van der Waals surface area (Å²) in [5.74, 6) is -0.248. The molecule has 1 aliphatic heterocycles. The number of nitrogens with one attached hydrogen (secondary N) is 2. The van der Waals surface area contributed by atoms with Crippen LogP contribution in [0.3, 0.4) is 0 Å². The summed E-state index contributed by atoms with van der Waals surface area (Å²) >= 11 is 0. The first kappa shape index (κ1) is 24.6. The molecule has 5 rings (SSSR count). The van der Waals surface area contributed by atoms with E-state index in [2.05, 4.69) is 39.2 Å². The molecule has 6 nitrogen and oxygen atoms in total. The second-order valence-electron chi connectivity index (χ2n) is 9.40. The van der Waals surface area contributed by atoms with Crippen LogP contribution in [0.25, 0.3) is 0 Å². The number of aryl methyl sites for hydroxylation is 2. The Morgan fingerprint density at radius 2 is 1.62 bits per heavy atom. The topological polar surface area (TPSA) is 78.5 Å². The molecular weight excluding hydrogens is 482 g/mol. The number of anilines is 3. The van der Waals surface area contributed by atoms with Gasteiger partial charge in [-0.3, -0.25) is 9.52 Å². The van der Waals surface area contributed by atoms with Crippen LogP contribution >= 0.6 is 0 Å². The fraction of sp³-hybridized carbons (Fsp3) is 0.167. The first-order chi connectivity index (χ1) is 17.8. The van der Waals surface area contributed by atoms with E-state index in [-0.39, 0.29) is 10.8 Å². The van der Waals surface area contributed by atoms with Crippen LogP contribution in [0, 0.1) is 13.8 Å². The largest absolute Gasteiger partial charge is 0.367 e. The molecule has 0 spiro atoms. The number of nitrogens with zero attached hydrogens (tertiary/aromatic N) is 1. The normalized spacial score (nSPS) is 12.8. The van der Waals surface area contributed by atoms with Gasteiger partial charge in [0.05, 0.1) is 10.6 Å². The van der Waals surface area contributed by atoms with Gasteiger partial charge >= 0.3 is 0 Å². The molecule has 37 heavy (non-hydrogen) atoms. The van der Waals surface area contributed by atoms with Gasteiger partial charge in [0.2, 0.25) is 0 Å². The molecule has 4 aromatic carbocycles. The van der Waals surface area contributed by atoms with Crippen molar-refractivity contribution in [2.75, 3.05) is 21.5 Å². The minimum Gasteiger partial charge on any atom is -0.367 e. The Bertz CT molecular complexity index is 1550. The summed E-state index contributed by atoms with van der Waals surface area (Å²) in [6, 6.07) is 27.8. The minimum absolute atomic E-state index is 0.124. The van der Waals surface area contributed by atoms with Crippen LogP contribution in [0.4, 0.5) is 17.1 Å². The Hall–Kier alpha value is -4.10. The lowest BCUT2D eigenvalue weighted by molar-refractivity contribution is 0.102. The van der Waals surface area contributed by atoms with Gasteiger partial charge in [0.25, 0.3) is 15.9 Å². The van der Waals surface area contributed by atoms with E-state index < -0.39 is 10.0 Å². The molecule has 1 aliphatic rings. The summed E-state index contributed by atoms with van der Waals surface area (Å²) < 4.78 is 28.3. The molecule has 2 N–H and O–H groups in total. The third-order valence-electron chi connectivity index (χ3n) is 6.63. The van der Waals surface area contributed by atoms with Crippen LogP contribution in [-0.2, 0) is 23.0 Å². The lowest BCUT2D eigenvalue weighted by Crippen LogP contribution is -2.19. The molecule has 0 aromatic heterocycles. The van der Waals surface area contributed by atoms with Crippen molar-refractivity contribution >= 4 is 33.0 Å². The van der Waals surface area contributed by atoms with E-state index in [1.165, 1.54) is 23.4 Å². The van der Waals surface area contributed by atoms with E-state index in [1.54, 1.807) is 18.2 Å². The van der Waals surface area contributed by atoms with E-state index in [1.807, 2.05) is 50.2 Å². The average Bonchev–Trinajstić information content (AvgIpc) is 3.29. The van der Waals surface area contributed by atoms with Gasteiger partial charge < -0.3 is 10.2 Å². The molecule has 188 valence electrons. The van der Waals surface area contributed by atoms with Gasteiger partial charge in [-0.2, -0.15) is 0 Å². The number of carbonyl (C=O) groups is 1. The molecule has 0 aliphatic carbocycles. The van der Waals surface area contributed by atoms with E-state index in [0.29, 0.717) is 16.9 Å². The molecule has 4 aromatic rings. The monoisotopic (exact) mass is 511 g/mol. The number of sulfonamides is 1. The smallest absolute Gasteiger partial charge is 0.261 e. The summed E-state index contributed by atoms with van der Waals surface area (Å²) in [5, 5.41) is 2.84. The molecule has 0 saturated carbocycles. The minimum atomic E-state index is -3.75. The van der Waals surface area contributed by atoms with Crippen LogP contribution in [0.2, 0.25) is 0 Å². The number of carbonyl (C=O) groups excluding carboxylic acids is 1. The van der Waals surface area contributed by atoms with E-state index >= 15 is 0 Å². The van der Waals surface area contributed by atoms with Gasteiger partial charge in [-0.05, 0) is 91.1 Å². The van der Waals surface area contributed by atoms with Crippen molar-refractivity contribution in [2.24, 2.45) is 0 Å². The summed E-state index contributed by atoms with van der Waals surface area (Å²) in [4.78, 5) is 15.3. The zero-order valence-electron chi connectivity index (χ0n) is 20.9. The van der Waals surface area contributed by atoms with Crippen LogP contribution in [0.1, 0.15) is 32.6 Å². The van der Waals surface area contributed by atoms with Crippen LogP contribution in [0.5, 0.6) is 0 Å². The van der Waals surface area contributed by atoms with Crippen molar-refractivity contribution in [1.82, 2.24) is 0 Å². The van der Waals surface area contributed by atoms with Gasteiger partial charge in [0, 0.05) is 30.0 Å². The summed E-state index contributed by atoms with van der Waals surface area (Å²) in [7, 11) is -3.75. The molecular formula is C30H29N3O3S. The van der Waals surface area contributed by atoms with Gasteiger partial charge in [-0.15, -0.1) is 0 Å². The highest BCUT2D eigenvalue weighted by Crippen LogP contribution is 2.29. The average molecular weight is 512 g/mol. The quantitative estimate of drug-likeness (QED) is 0.323. The zero-order valence-corrected chi connectivity index (χ0v) is 21.7. The maximum Gasteiger partial charge on any atom is 0.261 e. The Morgan fingerprint density at radius 1 is 0.892 bits per heavy atom. The number of benzene rings is 4. The first-order valence-electron chi connectivity index (χ1n) is 12.2. The number of fused-ring (bicyclic) bond motifs is 1. The number of rotatable bonds is 7. The Morgan fingerprint density at radius 3 is 2.38 bits per heavy atom. The van der Waals surface area contributed by atoms with Crippen molar-refractivity contribution in [3.05, 3.63) is 119 Å². The third-order valence-corrected chi connectivity index (χ3v) is 8.01. The predicted octanol–water partition coefficient (Wildman–Crippen LogP) is 5.92. The molecule has 0 radical (unpaired) electrons. The third kappa shape index (κ3) is 5.52. The Labute approximate surface area is 218 Å². The number of hydrogen-bond acceptors (Lipinski definition) is 4.